The van der Waals surface area contributed by atoms with E-state index in [4.69, 9.17) is 5.10 Å². The van der Waals surface area contributed by atoms with E-state index < -0.39 is 0 Å². The van der Waals surface area contributed by atoms with Crippen molar-refractivity contribution in [3.05, 3.63) is 81.3 Å². The topological polar surface area (TPSA) is 90.5 Å². The average Bonchev–Trinajstić information content (AvgIpc) is 3.43. The van der Waals surface area contributed by atoms with Gasteiger partial charge in [-0.25, -0.2) is 9.78 Å². The summed E-state index contributed by atoms with van der Waals surface area (Å²) in [6.07, 6.45) is 3.36. The maximum atomic E-state index is 13.2. The van der Waals surface area contributed by atoms with Gasteiger partial charge in [-0.3, -0.25) is 18.6 Å². The molecular weight excluding hydrogens is 404 g/mol. The van der Waals surface area contributed by atoms with Crippen molar-refractivity contribution in [2.45, 2.75) is 26.9 Å². The lowest BCUT2D eigenvalue weighted by Crippen LogP contribution is -2.38. The summed E-state index contributed by atoms with van der Waals surface area (Å²) in [6.45, 7) is 4.96. The van der Waals surface area contributed by atoms with E-state index in [-0.39, 0.29) is 17.2 Å². The van der Waals surface area contributed by atoms with Crippen molar-refractivity contribution in [3.8, 4) is 11.5 Å². The van der Waals surface area contributed by atoms with Gasteiger partial charge in [-0.05, 0) is 22.3 Å². The Morgan fingerprint density at radius 3 is 2.59 bits per heavy atom. The lowest BCUT2D eigenvalue weighted by molar-refractivity contribution is 0.498. The van der Waals surface area contributed by atoms with Crippen molar-refractivity contribution in [1.82, 2.24) is 28.9 Å². The molecule has 0 saturated carbocycles. The van der Waals surface area contributed by atoms with Crippen LogP contribution in [-0.2, 0) is 20.1 Å². The molecule has 3 aromatic heterocycles. The summed E-state index contributed by atoms with van der Waals surface area (Å²) in [5.74, 6) is 0.753. The van der Waals surface area contributed by atoms with Gasteiger partial charge in [0.05, 0.1) is 6.54 Å². The lowest BCUT2D eigenvalue weighted by Gasteiger charge is -2.10. The van der Waals surface area contributed by atoms with Gasteiger partial charge in [-0.2, -0.15) is 5.10 Å². The number of aromatic nitrogens is 6. The van der Waals surface area contributed by atoms with Crippen LogP contribution in [0.15, 0.2) is 64.4 Å². The third-order valence-electron chi connectivity index (χ3n) is 5.70. The molecule has 32 heavy (non-hydrogen) atoms. The zero-order valence-electron chi connectivity index (χ0n) is 18.2. The number of hydrogen-bond acceptors (Lipinski definition) is 4. The molecule has 0 saturated heterocycles. The van der Waals surface area contributed by atoms with Gasteiger partial charge in [-0.15, -0.1) is 0 Å². The largest absolute Gasteiger partial charge is 0.343 e. The molecule has 0 amide bonds. The summed E-state index contributed by atoms with van der Waals surface area (Å²) in [5, 5.41) is 7.44. The highest BCUT2D eigenvalue weighted by molar-refractivity contribution is 5.89. The van der Waals surface area contributed by atoms with E-state index in [0.717, 1.165) is 20.9 Å². The Bertz CT molecular complexity index is 1550. The van der Waals surface area contributed by atoms with E-state index in [9.17, 15) is 9.59 Å². The lowest BCUT2D eigenvalue weighted by atomic mass is 10.0. The highest BCUT2D eigenvalue weighted by Gasteiger charge is 2.24. The maximum absolute atomic E-state index is 13.2. The number of nitrogens with one attached hydrogen (secondary N) is 1. The van der Waals surface area contributed by atoms with E-state index in [1.165, 1.54) is 7.05 Å². The third kappa shape index (κ3) is 3.15. The smallest absolute Gasteiger partial charge is 0.332 e. The predicted molar refractivity (Wildman–Crippen MR) is 125 cm³/mol. The fraction of sp³-hybridized carbons (Fsp3) is 0.250. The molecule has 0 spiro atoms. The zero-order valence-corrected chi connectivity index (χ0v) is 18.2. The Morgan fingerprint density at radius 2 is 1.84 bits per heavy atom. The summed E-state index contributed by atoms with van der Waals surface area (Å²) >= 11 is 0. The normalized spacial score (nSPS) is 11.8. The van der Waals surface area contributed by atoms with E-state index >= 15 is 0 Å². The second-order valence-electron chi connectivity index (χ2n) is 8.43. The molecule has 0 fully saturated rings. The first-order valence-electron chi connectivity index (χ1n) is 10.6. The molecule has 1 N–H and O–H groups in total. The van der Waals surface area contributed by atoms with Crippen molar-refractivity contribution in [2.75, 3.05) is 0 Å². The number of nitrogens with zero attached hydrogens (tertiary/aromatic N) is 5. The fourth-order valence-electron chi connectivity index (χ4n) is 4.23. The molecule has 0 aliphatic rings. The molecule has 0 aliphatic heterocycles. The number of benzene rings is 2. The summed E-state index contributed by atoms with van der Waals surface area (Å²) in [4.78, 5) is 33.7. The van der Waals surface area contributed by atoms with Gasteiger partial charge in [0.1, 0.15) is 11.1 Å². The summed E-state index contributed by atoms with van der Waals surface area (Å²) in [5.41, 5.74) is 1.30. The Labute approximate surface area is 183 Å². The number of fused-ring (bicyclic) bond motifs is 2. The zero-order chi connectivity index (χ0) is 22.4. The number of aromatic amines is 1. The first-order valence-corrected chi connectivity index (χ1v) is 10.6. The van der Waals surface area contributed by atoms with Crippen LogP contribution >= 0.6 is 0 Å². The Kier molecular flexibility index (Phi) is 4.77. The molecule has 0 bridgehead atoms. The molecule has 5 rings (SSSR count). The van der Waals surface area contributed by atoms with Crippen LogP contribution in [0.3, 0.4) is 0 Å². The van der Waals surface area contributed by atoms with Crippen LogP contribution < -0.4 is 11.2 Å². The van der Waals surface area contributed by atoms with Crippen molar-refractivity contribution < 1.29 is 0 Å². The van der Waals surface area contributed by atoms with Crippen molar-refractivity contribution in [3.63, 3.8) is 0 Å². The molecule has 162 valence electrons. The predicted octanol–water partition coefficient (Wildman–Crippen LogP) is 3.14. The molecule has 8 nitrogen and oxygen atoms in total. The highest BCUT2D eigenvalue weighted by atomic mass is 16.2. The Morgan fingerprint density at radius 1 is 1.06 bits per heavy atom. The van der Waals surface area contributed by atoms with Gasteiger partial charge < -0.3 is 4.98 Å². The summed E-state index contributed by atoms with van der Waals surface area (Å²) < 4.78 is 4.53. The van der Waals surface area contributed by atoms with E-state index in [1.54, 1.807) is 21.6 Å². The SMILES string of the molecule is CC(C)Cn1c(=O)n(C)c(=O)c2c(-c3ncc[nH]3)n(Cc3cccc4ccccc34)nc21. The number of H-pyrrole nitrogens is 1. The minimum absolute atomic E-state index is 0.212. The third-order valence-corrected chi connectivity index (χ3v) is 5.70. The molecule has 8 heteroatoms. The highest BCUT2D eigenvalue weighted by Crippen LogP contribution is 2.26. The molecule has 3 heterocycles. The van der Waals surface area contributed by atoms with Gasteiger partial charge >= 0.3 is 5.69 Å². The standard InChI is InChI=1S/C24H24N6O2/c1-15(2)13-29-22-19(23(31)28(3)24(29)32)20(21-25-11-12-26-21)30(27-22)14-17-9-6-8-16-7-4-5-10-18(16)17/h4-12,15H,13-14H2,1-3H3,(H,25,26). The monoisotopic (exact) mass is 428 g/mol. The number of imidazole rings is 1. The molecular formula is C24H24N6O2. The van der Waals surface area contributed by atoms with E-state index in [0.29, 0.717) is 35.6 Å². The average molecular weight is 428 g/mol. The second-order valence-corrected chi connectivity index (χ2v) is 8.43. The molecule has 0 unspecified atom stereocenters. The van der Waals surface area contributed by atoms with Crippen LogP contribution in [0.2, 0.25) is 0 Å². The van der Waals surface area contributed by atoms with Crippen LogP contribution in [0, 0.1) is 5.92 Å². The fourth-order valence-corrected chi connectivity index (χ4v) is 4.23. The van der Waals surface area contributed by atoms with Crippen LogP contribution in [0.5, 0.6) is 0 Å². The molecule has 2 aromatic carbocycles. The maximum Gasteiger partial charge on any atom is 0.332 e. The number of rotatable bonds is 5. The molecule has 0 aliphatic carbocycles. The Hall–Kier alpha value is -3.94. The van der Waals surface area contributed by atoms with Gasteiger partial charge in [0.15, 0.2) is 11.5 Å². The molecule has 0 atom stereocenters. The van der Waals surface area contributed by atoms with Crippen molar-refractivity contribution in [1.29, 1.82) is 0 Å². The quantitative estimate of drug-likeness (QED) is 0.466. The summed E-state index contributed by atoms with van der Waals surface area (Å²) in [7, 11) is 1.51. The minimum atomic E-state index is -0.374. The van der Waals surface area contributed by atoms with Crippen LogP contribution in [0.1, 0.15) is 19.4 Å². The van der Waals surface area contributed by atoms with E-state index in [1.807, 2.05) is 32.0 Å². The number of hydrogen-bond donors (Lipinski definition) is 1. The van der Waals surface area contributed by atoms with Gasteiger partial charge in [0.25, 0.3) is 5.56 Å². The van der Waals surface area contributed by atoms with Gasteiger partial charge in [-0.1, -0.05) is 56.3 Å². The first-order chi connectivity index (χ1) is 15.5. The summed E-state index contributed by atoms with van der Waals surface area (Å²) in [6, 6.07) is 14.3. The molecule has 0 radical (unpaired) electrons. The van der Waals surface area contributed by atoms with Crippen molar-refractivity contribution >= 4 is 21.8 Å². The molecule has 5 aromatic rings. The van der Waals surface area contributed by atoms with Crippen molar-refractivity contribution in [2.24, 2.45) is 13.0 Å². The van der Waals surface area contributed by atoms with Gasteiger partial charge in [0, 0.05) is 26.0 Å². The van der Waals surface area contributed by atoms with Crippen LogP contribution in [-0.4, -0.2) is 28.9 Å². The first kappa shape index (κ1) is 20.0. The van der Waals surface area contributed by atoms with E-state index in [2.05, 4.69) is 34.2 Å². The van der Waals surface area contributed by atoms with Crippen LogP contribution in [0.25, 0.3) is 33.3 Å². The van der Waals surface area contributed by atoms with Gasteiger partial charge in [0.2, 0.25) is 0 Å². The van der Waals surface area contributed by atoms with Crippen LogP contribution in [0.4, 0.5) is 0 Å². The Balaban J connectivity index is 1.83. The second kappa shape index (κ2) is 7.64. The minimum Gasteiger partial charge on any atom is -0.343 e.